The normalized spacial score (nSPS) is 19.4. The zero-order valence-electron chi connectivity index (χ0n) is 9.93. The molecule has 0 radical (unpaired) electrons. The van der Waals surface area contributed by atoms with Crippen molar-refractivity contribution in [2.45, 2.75) is 18.9 Å². The summed E-state index contributed by atoms with van der Waals surface area (Å²) < 4.78 is 4.77. The van der Waals surface area contributed by atoms with Crippen LogP contribution < -0.4 is 10.6 Å². The number of anilines is 1. The van der Waals surface area contributed by atoms with E-state index in [-0.39, 0.29) is 12.0 Å². The molecule has 92 valence electrons. The molecule has 1 saturated heterocycles. The van der Waals surface area contributed by atoms with E-state index in [1.54, 1.807) is 18.3 Å². The van der Waals surface area contributed by atoms with E-state index in [9.17, 15) is 4.79 Å². The molecule has 0 bridgehead atoms. The van der Waals surface area contributed by atoms with Crippen molar-refractivity contribution >= 4 is 11.8 Å². The molecule has 0 aromatic carbocycles. The predicted octanol–water partition coefficient (Wildman–Crippen LogP) is 0.796. The van der Waals surface area contributed by atoms with Crippen molar-refractivity contribution in [2.24, 2.45) is 5.73 Å². The van der Waals surface area contributed by atoms with Crippen LogP contribution in [-0.2, 0) is 4.74 Å². The largest absolute Gasteiger partial charge is 0.465 e. The number of nitrogens with zero attached hydrogens (tertiary/aromatic N) is 2. The summed E-state index contributed by atoms with van der Waals surface area (Å²) in [5, 5.41) is 0. The Bertz CT molecular complexity index is 408. The average Bonchev–Trinajstić information content (AvgIpc) is 2.86. The number of hydrogen-bond donors (Lipinski definition) is 1. The number of methoxy groups -OCH3 is 1. The Hall–Kier alpha value is -1.62. The number of carbonyl (C=O) groups excluding carboxylic acids is 1. The number of carbonyl (C=O) groups is 1. The highest BCUT2D eigenvalue weighted by Crippen LogP contribution is 2.26. The summed E-state index contributed by atoms with van der Waals surface area (Å²) >= 11 is 0. The van der Waals surface area contributed by atoms with Crippen LogP contribution in [0, 0.1) is 0 Å². The highest BCUT2D eigenvalue weighted by molar-refractivity contribution is 5.94. The van der Waals surface area contributed by atoms with Gasteiger partial charge in [-0.2, -0.15) is 0 Å². The van der Waals surface area contributed by atoms with Crippen molar-refractivity contribution in [3.8, 4) is 0 Å². The Morgan fingerprint density at radius 1 is 1.71 bits per heavy atom. The Kier molecular flexibility index (Phi) is 3.58. The second-order valence-corrected chi connectivity index (χ2v) is 4.09. The van der Waals surface area contributed by atoms with Gasteiger partial charge in [-0.05, 0) is 25.0 Å². The Balaban J connectivity index is 2.34. The third-order valence-electron chi connectivity index (χ3n) is 3.11. The molecular formula is C12H17N3O2. The summed E-state index contributed by atoms with van der Waals surface area (Å²) in [6, 6.07) is 3.75. The smallest absolute Gasteiger partial charge is 0.341 e. The number of ether oxygens (including phenoxy) is 1. The van der Waals surface area contributed by atoms with Crippen molar-refractivity contribution in [1.82, 2.24) is 4.98 Å². The lowest BCUT2D eigenvalue weighted by Gasteiger charge is -2.25. The second-order valence-electron chi connectivity index (χ2n) is 4.09. The van der Waals surface area contributed by atoms with Crippen LogP contribution in [0.4, 0.5) is 5.82 Å². The molecule has 0 saturated carbocycles. The van der Waals surface area contributed by atoms with E-state index in [0.717, 1.165) is 19.4 Å². The molecule has 17 heavy (non-hydrogen) atoms. The standard InChI is InChI=1S/C12H17N3O2/c1-17-12(16)10-5-2-6-14-11(10)15-7-3-4-9(15)8-13/h2,5-6,9H,3-4,7-8,13H2,1H3. The zero-order valence-corrected chi connectivity index (χ0v) is 9.93. The van der Waals surface area contributed by atoms with Gasteiger partial charge in [0.15, 0.2) is 0 Å². The molecule has 5 nitrogen and oxygen atoms in total. The first-order valence-corrected chi connectivity index (χ1v) is 5.78. The van der Waals surface area contributed by atoms with Crippen LogP contribution in [0.25, 0.3) is 0 Å². The van der Waals surface area contributed by atoms with Crippen molar-refractivity contribution in [1.29, 1.82) is 0 Å². The first kappa shape index (κ1) is 11.9. The van der Waals surface area contributed by atoms with Gasteiger partial charge in [-0.15, -0.1) is 0 Å². The molecule has 1 aliphatic heterocycles. The highest BCUT2D eigenvalue weighted by Gasteiger charge is 2.27. The first-order chi connectivity index (χ1) is 8.27. The minimum atomic E-state index is -0.351. The Morgan fingerprint density at radius 3 is 3.24 bits per heavy atom. The molecule has 1 aromatic heterocycles. The minimum Gasteiger partial charge on any atom is -0.465 e. The van der Waals surface area contributed by atoms with Gasteiger partial charge in [0, 0.05) is 25.3 Å². The molecule has 1 aliphatic rings. The fraction of sp³-hybridized carbons (Fsp3) is 0.500. The molecule has 2 N–H and O–H groups in total. The van der Waals surface area contributed by atoms with Crippen LogP contribution in [0.3, 0.4) is 0 Å². The summed E-state index contributed by atoms with van der Waals surface area (Å²) in [5.41, 5.74) is 6.24. The number of rotatable bonds is 3. The van der Waals surface area contributed by atoms with E-state index in [2.05, 4.69) is 9.88 Å². The molecule has 5 heteroatoms. The molecule has 2 rings (SSSR count). The maximum atomic E-state index is 11.7. The van der Waals surface area contributed by atoms with Gasteiger partial charge in [0.05, 0.1) is 7.11 Å². The number of aromatic nitrogens is 1. The van der Waals surface area contributed by atoms with E-state index in [1.165, 1.54) is 7.11 Å². The highest BCUT2D eigenvalue weighted by atomic mass is 16.5. The summed E-state index contributed by atoms with van der Waals surface area (Å²) in [6.45, 7) is 1.47. The van der Waals surface area contributed by atoms with E-state index in [1.807, 2.05) is 0 Å². The topological polar surface area (TPSA) is 68.5 Å². The summed E-state index contributed by atoms with van der Waals surface area (Å²) in [6.07, 6.45) is 3.82. The maximum Gasteiger partial charge on any atom is 0.341 e. The van der Waals surface area contributed by atoms with E-state index >= 15 is 0 Å². The minimum absolute atomic E-state index is 0.272. The lowest BCUT2D eigenvalue weighted by molar-refractivity contribution is 0.0601. The number of nitrogens with two attached hydrogens (primary N) is 1. The molecule has 0 amide bonds. The van der Waals surface area contributed by atoms with Crippen LogP contribution >= 0.6 is 0 Å². The molecular weight excluding hydrogens is 218 g/mol. The van der Waals surface area contributed by atoms with Crippen LogP contribution in [-0.4, -0.2) is 37.2 Å². The maximum absolute atomic E-state index is 11.7. The number of esters is 1. The van der Waals surface area contributed by atoms with Crippen molar-refractivity contribution in [2.75, 3.05) is 25.1 Å². The molecule has 2 heterocycles. The van der Waals surface area contributed by atoms with Gasteiger partial charge in [0.2, 0.25) is 0 Å². The zero-order chi connectivity index (χ0) is 12.3. The van der Waals surface area contributed by atoms with Crippen LogP contribution in [0.1, 0.15) is 23.2 Å². The van der Waals surface area contributed by atoms with Gasteiger partial charge in [-0.25, -0.2) is 9.78 Å². The molecule has 1 atom stereocenters. The van der Waals surface area contributed by atoms with Gasteiger partial charge >= 0.3 is 5.97 Å². The quantitative estimate of drug-likeness (QED) is 0.785. The van der Waals surface area contributed by atoms with Gasteiger partial charge in [0.1, 0.15) is 11.4 Å². The fourth-order valence-electron chi connectivity index (χ4n) is 2.25. The third kappa shape index (κ3) is 2.24. The van der Waals surface area contributed by atoms with Crippen LogP contribution in [0.5, 0.6) is 0 Å². The lowest BCUT2D eigenvalue weighted by atomic mass is 10.2. The Morgan fingerprint density at radius 2 is 2.53 bits per heavy atom. The molecule has 1 fully saturated rings. The Labute approximate surface area is 101 Å². The average molecular weight is 235 g/mol. The van der Waals surface area contributed by atoms with Crippen LogP contribution in [0.2, 0.25) is 0 Å². The number of hydrogen-bond acceptors (Lipinski definition) is 5. The van der Waals surface area contributed by atoms with Gasteiger partial charge < -0.3 is 15.4 Å². The molecule has 1 aromatic rings. The van der Waals surface area contributed by atoms with Gasteiger partial charge in [0.25, 0.3) is 0 Å². The predicted molar refractivity (Wildman–Crippen MR) is 65.0 cm³/mol. The van der Waals surface area contributed by atoms with Crippen molar-refractivity contribution in [3.05, 3.63) is 23.9 Å². The van der Waals surface area contributed by atoms with Gasteiger partial charge in [-0.3, -0.25) is 0 Å². The number of pyridine rings is 1. The van der Waals surface area contributed by atoms with E-state index in [0.29, 0.717) is 17.9 Å². The van der Waals surface area contributed by atoms with E-state index < -0.39 is 0 Å². The first-order valence-electron chi connectivity index (χ1n) is 5.78. The summed E-state index contributed by atoms with van der Waals surface area (Å²) in [4.78, 5) is 18.1. The lowest BCUT2D eigenvalue weighted by Crippen LogP contribution is -2.36. The molecule has 1 unspecified atom stereocenters. The van der Waals surface area contributed by atoms with E-state index in [4.69, 9.17) is 10.5 Å². The van der Waals surface area contributed by atoms with Crippen molar-refractivity contribution in [3.63, 3.8) is 0 Å². The third-order valence-corrected chi connectivity index (χ3v) is 3.11. The van der Waals surface area contributed by atoms with Gasteiger partial charge in [-0.1, -0.05) is 0 Å². The second kappa shape index (κ2) is 5.14. The summed E-state index contributed by atoms with van der Waals surface area (Å²) in [7, 11) is 1.38. The fourth-order valence-corrected chi connectivity index (χ4v) is 2.25. The molecule has 0 spiro atoms. The summed E-state index contributed by atoms with van der Waals surface area (Å²) in [5.74, 6) is 0.336. The molecule has 0 aliphatic carbocycles. The van der Waals surface area contributed by atoms with Crippen LogP contribution in [0.15, 0.2) is 18.3 Å². The SMILES string of the molecule is COC(=O)c1cccnc1N1CCCC1CN. The van der Waals surface area contributed by atoms with Crippen molar-refractivity contribution < 1.29 is 9.53 Å². The monoisotopic (exact) mass is 235 g/mol.